The predicted molar refractivity (Wildman–Crippen MR) is 80.6 cm³/mol. The molecule has 1 aliphatic carbocycles. The molecule has 2 amide bonds. The molecule has 0 aromatic heterocycles. The number of imide groups is 1. The van der Waals surface area contributed by atoms with Gasteiger partial charge in [0.05, 0.1) is 17.2 Å². The molecule has 1 fully saturated rings. The van der Waals surface area contributed by atoms with Gasteiger partial charge in [0, 0.05) is 4.47 Å². The maximum atomic E-state index is 12.5. The van der Waals surface area contributed by atoms with E-state index in [2.05, 4.69) is 22.0 Å². The maximum Gasteiger partial charge on any atom is 0.262 e. The third-order valence-corrected chi connectivity index (χ3v) is 4.88. The molecule has 2 aliphatic rings. The molecule has 3 rings (SSSR count). The monoisotopic (exact) mass is 346 g/mol. The number of benzene rings is 1. The van der Waals surface area contributed by atoms with Gasteiger partial charge in [-0.15, -0.1) is 0 Å². The van der Waals surface area contributed by atoms with E-state index in [1.165, 1.54) is 11.3 Å². The number of nitriles is 1. The molecule has 0 radical (unpaired) electrons. The second-order valence-corrected chi connectivity index (χ2v) is 6.56. The van der Waals surface area contributed by atoms with Gasteiger partial charge >= 0.3 is 0 Å². The van der Waals surface area contributed by atoms with Gasteiger partial charge in [-0.2, -0.15) is 5.26 Å². The van der Waals surface area contributed by atoms with E-state index >= 15 is 0 Å². The lowest BCUT2D eigenvalue weighted by molar-refractivity contribution is 0.0558. The molecule has 0 saturated heterocycles. The highest BCUT2D eigenvalue weighted by atomic mass is 79.9. The van der Waals surface area contributed by atoms with Crippen molar-refractivity contribution in [2.24, 2.45) is 5.92 Å². The van der Waals surface area contributed by atoms with Gasteiger partial charge in [0.25, 0.3) is 11.8 Å². The smallest absolute Gasteiger partial charge is 0.262 e. The zero-order valence-corrected chi connectivity index (χ0v) is 13.1. The summed E-state index contributed by atoms with van der Waals surface area (Å²) in [6.07, 6.45) is 5.13. The molecule has 1 aromatic carbocycles. The summed E-state index contributed by atoms with van der Waals surface area (Å²) in [6, 6.07) is 6.61. The molecule has 0 N–H and O–H groups in total. The summed E-state index contributed by atoms with van der Waals surface area (Å²) in [6.45, 7) is 0. The lowest BCUT2D eigenvalue weighted by Crippen LogP contribution is -2.44. The fraction of sp³-hybridized carbons (Fsp3) is 0.438. The van der Waals surface area contributed by atoms with Crippen LogP contribution >= 0.6 is 15.9 Å². The predicted octanol–water partition coefficient (Wildman–Crippen LogP) is 3.52. The highest BCUT2D eigenvalue weighted by Gasteiger charge is 2.43. The first-order chi connectivity index (χ1) is 10.1. The Morgan fingerprint density at radius 3 is 2.48 bits per heavy atom. The van der Waals surface area contributed by atoms with Crippen LogP contribution in [-0.4, -0.2) is 22.8 Å². The van der Waals surface area contributed by atoms with Crippen LogP contribution in [-0.2, 0) is 0 Å². The summed E-state index contributed by atoms with van der Waals surface area (Å²) in [4.78, 5) is 26.2. The molecule has 1 atom stereocenters. The Labute approximate surface area is 131 Å². The van der Waals surface area contributed by atoms with Gasteiger partial charge < -0.3 is 0 Å². The maximum absolute atomic E-state index is 12.5. The van der Waals surface area contributed by atoms with E-state index in [9.17, 15) is 14.9 Å². The number of carbonyl (C=O) groups is 2. The minimum atomic E-state index is -0.642. The van der Waals surface area contributed by atoms with Crippen LogP contribution in [0.1, 0.15) is 52.8 Å². The van der Waals surface area contributed by atoms with Crippen molar-refractivity contribution < 1.29 is 9.59 Å². The summed E-state index contributed by atoms with van der Waals surface area (Å²) < 4.78 is 0.760. The molecule has 1 saturated carbocycles. The third-order valence-electron chi connectivity index (χ3n) is 4.39. The molecule has 1 heterocycles. The number of hydrogen-bond donors (Lipinski definition) is 0. The Bertz CT molecular complexity index is 644. The van der Waals surface area contributed by atoms with Crippen LogP contribution in [0.5, 0.6) is 0 Å². The van der Waals surface area contributed by atoms with Crippen LogP contribution in [0.4, 0.5) is 0 Å². The summed E-state index contributed by atoms with van der Waals surface area (Å²) in [7, 11) is 0. The Balaban J connectivity index is 1.94. The van der Waals surface area contributed by atoms with Crippen molar-refractivity contribution in [1.82, 2.24) is 4.90 Å². The highest BCUT2D eigenvalue weighted by Crippen LogP contribution is 2.34. The van der Waals surface area contributed by atoms with Crippen LogP contribution in [0, 0.1) is 17.2 Å². The van der Waals surface area contributed by atoms with Crippen molar-refractivity contribution in [2.45, 2.75) is 38.1 Å². The quantitative estimate of drug-likeness (QED) is 0.769. The highest BCUT2D eigenvalue weighted by molar-refractivity contribution is 9.10. The molecule has 1 unspecified atom stereocenters. The van der Waals surface area contributed by atoms with Crippen molar-refractivity contribution in [3.63, 3.8) is 0 Å². The van der Waals surface area contributed by atoms with E-state index in [1.807, 2.05) is 0 Å². The second-order valence-electron chi connectivity index (χ2n) is 5.64. The minimum Gasteiger partial charge on any atom is -0.269 e. The summed E-state index contributed by atoms with van der Waals surface area (Å²) in [5.41, 5.74) is 0.796. The number of fused-ring (bicyclic) bond motifs is 1. The van der Waals surface area contributed by atoms with Gasteiger partial charge in [-0.25, -0.2) is 0 Å². The molecule has 108 valence electrons. The number of carbonyl (C=O) groups excluding carboxylic acids is 2. The Hall–Kier alpha value is -1.67. The number of nitrogens with zero attached hydrogens (tertiary/aromatic N) is 2. The first kappa shape index (κ1) is 14.3. The van der Waals surface area contributed by atoms with E-state index in [0.29, 0.717) is 11.1 Å². The number of halogens is 1. The first-order valence-electron chi connectivity index (χ1n) is 7.20. The van der Waals surface area contributed by atoms with Crippen LogP contribution < -0.4 is 0 Å². The average Bonchev–Trinajstić information content (AvgIpc) is 2.74. The van der Waals surface area contributed by atoms with Crippen molar-refractivity contribution in [3.8, 4) is 6.07 Å². The molecular formula is C16H15BrN2O2. The summed E-state index contributed by atoms with van der Waals surface area (Å²) >= 11 is 3.32. The Morgan fingerprint density at radius 1 is 1.14 bits per heavy atom. The normalized spacial score (nSPS) is 20.3. The topological polar surface area (TPSA) is 61.2 Å². The van der Waals surface area contributed by atoms with E-state index in [1.54, 1.807) is 18.2 Å². The van der Waals surface area contributed by atoms with Gasteiger partial charge in [0.15, 0.2) is 0 Å². The van der Waals surface area contributed by atoms with Gasteiger partial charge in [-0.1, -0.05) is 35.2 Å². The molecule has 1 aliphatic heterocycles. The molecular weight excluding hydrogens is 332 g/mol. The number of hydrogen-bond acceptors (Lipinski definition) is 3. The standard InChI is InChI=1S/C16H15BrN2O2/c17-11-6-7-12-13(8-11)16(21)19(15(12)20)14(9-18)10-4-2-1-3-5-10/h6-8,10,14H,1-5H2. The van der Waals surface area contributed by atoms with E-state index in [-0.39, 0.29) is 17.7 Å². The largest absolute Gasteiger partial charge is 0.269 e. The zero-order valence-electron chi connectivity index (χ0n) is 11.5. The lowest BCUT2D eigenvalue weighted by Gasteiger charge is -2.30. The van der Waals surface area contributed by atoms with Gasteiger partial charge in [0.1, 0.15) is 6.04 Å². The van der Waals surface area contributed by atoms with Gasteiger partial charge in [0.2, 0.25) is 0 Å². The molecule has 4 nitrogen and oxygen atoms in total. The molecule has 0 bridgehead atoms. The van der Waals surface area contributed by atoms with Gasteiger partial charge in [-0.3, -0.25) is 14.5 Å². The van der Waals surface area contributed by atoms with E-state index < -0.39 is 6.04 Å². The molecule has 1 aromatic rings. The van der Waals surface area contributed by atoms with Crippen molar-refractivity contribution in [1.29, 1.82) is 5.26 Å². The second kappa shape index (κ2) is 5.61. The molecule has 0 spiro atoms. The average molecular weight is 347 g/mol. The zero-order chi connectivity index (χ0) is 15.0. The summed E-state index contributed by atoms with van der Waals surface area (Å²) in [5, 5.41) is 9.50. The van der Waals surface area contributed by atoms with Crippen LogP contribution in [0.3, 0.4) is 0 Å². The van der Waals surface area contributed by atoms with Crippen LogP contribution in [0.25, 0.3) is 0 Å². The van der Waals surface area contributed by atoms with E-state index in [0.717, 1.165) is 30.2 Å². The lowest BCUT2D eigenvalue weighted by atomic mass is 9.83. The van der Waals surface area contributed by atoms with E-state index in [4.69, 9.17) is 0 Å². The van der Waals surface area contributed by atoms with Crippen molar-refractivity contribution in [3.05, 3.63) is 33.8 Å². The number of amides is 2. The van der Waals surface area contributed by atoms with Crippen molar-refractivity contribution >= 4 is 27.7 Å². The van der Waals surface area contributed by atoms with Gasteiger partial charge in [-0.05, 0) is 37.0 Å². The Morgan fingerprint density at radius 2 is 1.81 bits per heavy atom. The Kier molecular flexibility index (Phi) is 3.81. The minimum absolute atomic E-state index is 0.106. The SMILES string of the molecule is N#CC(C1CCCCC1)N1C(=O)c2ccc(Br)cc2C1=O. The van der Waals surface area contributed by atoms with Crippen LogP contribution in [0.15, 0.2) is 22.7 Å². The first-order valence-corrected chi connectivity index (χ1v) is 8.00. The summed E-state index contributed by atoms with van der Waals surface area (Å²) in [5.74, 6) is -0.567. The van der Waals surface area contributed by atoms with Crippen molar-refractivity contribution in [2.75, 3.05) is 0 Å². The van der Waals surface area contributed by atoms with Crippen LogP contribution in [0.2, 0.25) is 0 Å². The fourth-order valence-corrected chi connectivity index (χ4v) is 3.67. The molecule has 5 heteroatoms. The molecule has 21 heavy (non-hydrogen) atoms. The fourth-order valence-electron chi connectivity index (χ4n) is 3.31. The number of rotatable bonds is 2. The third kappa shape index (κ3) is 2.38.